The molecule has 1 aliphatic rings. The fraction of sp³-hybridized carbons (Fsp3) is 1.00. The van der Waals surface area contributed by atoms with Crippen LogP contribution in [0.4, 0.5) is 0 Å². The van der Waals surface area contributed by atoms with Crippen LogP contribution in [0.15, 0.2) is 0 Å². The molecule has 2 heteroatoms. The topological polar surface area (TPSA) is 15.3 Å². The van der Waals surface area contributed by atoms with E-state index in [4.69, 9.17) is 0 Å². The van der Waals surface area contributed by atoms with Crippen LogP contribution in [-0.4, -0.2) is 36.6 Å². The summed E-state index contributed by atoms with van der Waals surface area (Å²) >= 11 is 0. The van der Waals surface area contributed by atoms with Crippen molar-refractivity contribution in [2.24, 2.45) is 0 Å². The SMILES string of the molecule is CN1CCC(NC(C)(C)C)CC1. The molecule has 0 spiro atoms. The molecule has 12 heavy (non-hydrogen) atoms. The third-order valence-corrected chi connectivity index (χ3v) is 2.36. The van der Waals surface area contributed by atoms with Crippen LogP contribution >= 0.6 is 0 Å². The summed E-state index contributed by atoms with van der Waals surface area (Å²) in [6.45, 7) is 9.21. The lowest BCUT2D eigenvalue weighted by Crippen LogP contribution is -2.48. The number of hydrogen-bond donors (Lipinski definition) is 1. The van der Waals surface area contributed by atoms with Gasteiger partial charge in [0.25, 0.3) is 0 Å². The van der Waals surface area contributed by atoms with E-state index in [0.29, 0.717) is 0 Å². The van der Waals surface area contributed by atoms with Gasteiger partial charge in [-0.25, -0.2) is 0 Å². The average molecular weight is 170 g/mol. The number of piperidine rings is 1. The van der Waals surface area contributed by atoms with Crippen molar-refractivity contribution in [2.75, 3.05) is 20.1 Å². The van der Waals surface area contributed by atoms with Crippen LogP contribution in [0, 0.1) is 0 Å². The molecule has 0 unspecified atom stereocenters. The predicted molar refractivity (Wildman–Crippen MR) is 53.4 cm³/mol. The van der Waals surface area contributed by atoms with Gasteiger partial charge in [0, 0.05) is 11.6 Å². The maximum absolute atomic E-state index is 3.65. The van der Waals surface area contributed by atoms with Crippen molar-refractivity contribution in [2.45, 2.75) is 45.2 Å². The minimum Gasteiger partial charge on any atom is -0.309 e. The quantitative estimate of drug-likeness (QED) is 0.641. The molecule has 1 saturated heterocycles. The van der Waals surface area contributed by atoms with E-state index in [9.17, 15) is 0 Å². The van der Waals surface area contributed by atoms with E-state index in [-0.39, 0.29) is 5.54 Å². The van der Waals surface area contributed by atoms with E-state index >= 15 is 0 Å². The van der Waals surface area contributed by atoms with Gasteiger partial charge in [-0.3, -0.25) is 0 Å². The predicted octanol–water partition coefficient (Wildman–Crippen LogP) is 1.47. The van der Waals surface area contributed by atoms with Crippen LogP contribution < -0.4 is 5.32 Å². The fourth-order valence-electron chi connectivity index (χ4n) is 1.77. The highest BCUT2D eigenvalue weighted by molar-refractivity contribution is 4.81. The first kappa shape index (κ1) is 10.0. The van der Waals surface area contributed by atoms with Gasteiger partial charge < -0.3 is 10.2 Å². The monoisotopic (exact) mass is 170 g/mol. The Morgan fingerprint density at radius 3 is 2.08 bits per heavy atom. The largest absolute Gasteiger partial charge is 0.309 e. The zero-order valence-corrected chi connectivity index (χ0v) is 8.85. The Morgan fingerprint density at radius 1 is 1.17 bits per heavy atom. The van der Waals surface area contributed by atoms with Crippen molar-refractivity contribution >= 4 is 0 Å². The standard InChI is InChI=1S/C10H22N2/c1-10(2,3)11-9-5-7-12(4)8-6-9/h9,11H,5-8H2,1-4H3. The highest BCUT2D eigenvalue weighted by atomic mass is 15.1. The maximum atomic E-state index is 3.65. The normalized spacial score (nSPS) is 23.0. The molecule has 1 heterocycles. The molecule has 2 nitrogen and oxygen atoms in total. The Bertz CT molecular complexity index is 129. The van der Waals surface area contributed by atoms with Gasteiger partial charge in [0.15, 0.2) is 0 Å². The number of nitrogens with one attached hydrogen (secondary N) is 1. The van der Waals surface area contributed by atoms with Crippen molar-refractivity contribution in [3.8, 4) is 0 Å². The van der Waals surface area contributed by atoms with Crippen LogP contribution in [0.5, 0.6) is 0 Å². The molecule has 0 atom stereocenters. The zero-order valence-electron chi connectivity index (χ0n) is 8.85. The molecule has 0 aliphatic carbocycles. The molecule has 0 aromatic heterocycles. The summed E-state index contributed by atoms with van der Waals surface area (Å²) in [5.74, 6) is 0. The molecule has 0 bridgehead atoms. The summed E-state index contributed by atoms with van der Waals surface area (Å²) in [5.41, 5.74) is 0.278. The van der Waals surface area contributed by atoms with Crippen LogP contribution in [0.25, 0.3) is 0 Å². The summed E-state index contributed by atoms with van der Waals surface area (Å²) in [4.78, 5) is 2.40. The second kappa shape index (κ2) is 3.75. The maximum Gasteiger partial charge on any atom is 0.00991 e. The molecule has 1 fully saturated rings. The van der Waals surface area contributed by atoms with Gasteiger partial charge in [-0.1, -0.05) is 0 Å². The van der Waals surface area contributed by atoms with E-state index < -0.39 is 0 Å². The summed E-state index contributed by atoms with van der Waals surface area (Å²) in [6.07, 6.45) is 2.60. The molecule has 0 amide bonds. The molecule has 1 aliphatic heterocycles. The summed E-state index contributed by atoms with van der Waals surface area (Å²) in [7, 11) is 2.20. The second-order valence-corrected chi connectivity index (χ2v) is 4.97. The Kier molecular flexibility index (Phi) is 3.13. The van der Waals surface area contributed by atoms with E-state index in [1.54, 1.807) is 0 Å². The van der Waals surface area contributed by atoms with Crippen LogP contribution in [0.2, 0.25) is 0 Å². The Hall–Kier alpha value is -0.0800. The highest BCUT2D eigenvalue weighted by Gasteiger charge is 2.20. The lowest BCUT2D eigenvalue weighted by molar-refractivity contribution is 0.210. The molecule has 0 radical (unpaired) electrons. The van der Waals surface area contributed by atoms with Crippen LogP contribution in [-0.2, 0) is 0 Å². The smallest absolute Gasteiger partial charge is 0.00991 e. The van der Waals surface area contributed by atoms with Crippen molar-refractivity contribution in [3.63, 3.8) is 0 Å². The molecule has 0 saturated carbocycles. The van der Waals surface area contributed by atoms with Crippen LogP contribution in [0.3, 0.4) is 0 Å². The minimum atomic E-state index is 0.278. The summed E-state index contributed by atoms with van der Waals surface area (Å²) in [6, 6.07) is 0.737. The fourth-order valence-corrected chi connectivity index (χ4v) is 1.77. The number of rotatable bonds is 1. The second-order valence-electron chi connectivity index (χ2n) is 4.97. The van der Waals surface area contributed by atoms with Gasteiger partial charge in [0.05, 0.1) is 0 Å². The zero-order chi connectivity index (χ0) is 9.19. The first-order valence-electron chi connectivity index (χ1n) is 4.93. The first-order valence-corrected chi connectivity index (χ1v) is 4.93. The van der Waals surface area contributed by atoms with E-state index in [2.05, 4.69) is 38.0 Å². The molecular formula is C10H22N2. The number of nitrogens with zero attached hydrogens (tertiary/aromatic N) is 1. The average Bonchev–Trinajstić information content (AvgIpc) is 1.91. The highest BCUT2D eigenvalue weighted by Crippen LogP contribution is 2.12. The Morgan fingerprint density at radius 2 is 1.67 bits per heavy atom. The number of likely N-dealkylation sites (tertiary alicyclic amines) is 1. The third-order valence-electron chi connectivity index (χ3n) is 2.36. The van der Waals surface area contributed by atoms with E-state index in [1.165, 1.54) is 25.9 Å². The Labute approximate surface area is 76.3 Å². The van der Waals surface area contributed by atoms with E-state index in [1.807, 2.05) is 0 Å². The Balaban J connectivity index is 2.26. The van der Waals surface area contributed by atoms with Gasteiger partial charge in [-0.15, -0.1) is 0 Å². The molecule has 1 rings (SSSR count). The molecule has 0 aromatic rings. The van der Waals surface area contributed by atoms with Crippen molar-refractivity contribution < 1.29 is 0 Å². The number of hydrogen-bond acceptors (Lipinski definition) is 2. The van der Waals surface area contributed by atoms with Gasteiger partial charge >= 0.3 is 0 Å². The molecule has 0 aromatic carbocycles. The van der Waals surface area contributed by atoms with Gasteiger partial charge in [0.2, 0.25) is 0 Å². The van der Waals surface area contributed by atoms with E-state index in [0.717, 1.165) is 6.04 Å². The molecule has 1 N–H and O–H groups in total. The lowest BCUT2D eigenvalue weighted by atomic mass is 10.0. The van der Waals surface area contributed by atoms with Crippen LogP contribution in [0.1, 0.15) is 33.6 Å². The van der Waals surface area contributed by atoms with Gasteiger partial charge in [-0.05, 0) is 53.8 Å². The molecule has 72 valence electrons. The minimum absolute atomic E-state index is 0.278. The van der Waals surface area contributed by atoms with Crippen molar-refractivity contribution in [1.29, 1.82) is 0 Å². The van der Waals surface area contributed by atoms with Crippen molar-refractivity contribution in [3.05, 3.63) is 0 Å². The molecular weight excluding hydrogens is 148 g/mol. The summed E-state index contributed by atoms with van der Waals surface area (Å²) in [5, 5.41) is 3.65. The van der Waals surface area contributed by atoms with Gasteiger partial charge in [-0.2, -0.15) is 0 Å². The first-order chi connectivity index (χ1) is 5.47. The third kappa shape index (κ3) is 3.55. The van der Waals surface area contributed by atoms with Gasteiger partial charge in [0.1, 0.15) is 0 Å². The lowest BCUT2D eigenvalue weighted by Gasteiger charge is -2.34. The summed E-state index contributed by atoms with van der Waals surface area (Å²) < 4.78 is 0. The van der Waals surface area contributed by atoms with Crippen molar-refractivity contribution in [1.82, 2.24) is 10.2 Å².